The maximum absolute atomic E-state index is 8.48. The molecule has 0 saturated heterocycles. The number of hydrogen-bond acceptors (Lipinski definition) is 6. The third-order valence-corrected chi connectivity index (χ3v) is 0. The van der Waals surface area contributed by atoms with E-state index >= 15 is 0 Å². The van der Waals surface area contributed by atoms with Gasteiger partial charge in [0.1, 0.15) is 0 Å². The summed E-state index contributed by atoms with van der Waals surface area (Å²) in [5.41, 5.74) is 0. The van der Waals surface area contributed by atoms with Crippen LogP contribution in [0.15, 0.2) is 0 Å². The van der Waals surface area contributed by atoms with Crippen molar-refractivity contribution >= 4 is 16.5 Å². The van der Waals surface area contributed by atoms with Crippen molar-refractivity contribution in [1.29, 1.82) is 0 Å². The average Bonchev–Trinajstić information content (AvgIpc) is 1.25. The van der Waals surface area contributed by atoms with E-state index in [1.807, 2.05) is 0 Å². The minimum atomic E-state index is -3.37. The second-order valence-corrected chi connectivity index (χ2v) is 1.34. The Bertz CT molecular complexity index is 78.8. The first kappa shape index (κ1) is 36.2. The molecule has 0 aliphatic rings. The Labute approximate surface area is 233 Å². The Kier molecular flexibility index (Phi) is 91.7. The summed E-state index contributed by atoms with van der Waals surface area (Å²) in [6.45, 7) is 0. The molecule has 12 heavy (non-hydrogen) atoms. The van der Waals surface area contributed by atoms with Crippen LogP contribution in [0, 0.1) is 41.7 Å². The van der Waals surface area contributed by atoms with Crippen molar-refractivity contribution in [3.63, 3.8) is 0 Å². The molecular weight excluding hydrogens is 415 g/mol. The van der Waals surface area contributed by atoms with E-state index in [0.29, 0.717) is 0 Å². The molecule has 0 rings (SSSR count). The normalized spacial score (nSPS) is 4.33. The third-order valence-electron chi connectivity index (χ3n) is 0. The van der Waals surface area contributed by atoms with Gasteiger partial charge in [-0.2, -0.15) is 0 Å². The van der Waals surface area contributed by atoms with E-state index in [1.54, 1.807) is 0 Å². The van der Waals surface area contributed by atoms with Crippen LogP contribution in [0.5, 0.6) is 0 Å². The molecular formula is CeK3O6P2+4. The minimum Gasteiger partial charge on any atom is -0.598 e. The molecule has 0 heterocycles. The van der Waals surface area contributed by atoms with Gasteiger partial charge in [0.15, 0.2) is 0 Å². The molecule has 49 valence electrons. The predicted octanol–water partition coefficient (Wildman–Crippen LogP) is -12.3. The topological polar surface area (TPSA) is 126 Å². The molecule has 12 heteroatoms. The second-order valence-electron chi connectivity index (χ2n) is 0.447. The molecule has 0 aromatic rings. The molecule has 1 radical (unpaired) electrons. The summed E-state index contributed by atoms with van der Waals surface area (Å²) < 4.78 is 17.0. The van der Waals surface area contributed by atoms with Gasteiger partial charge in [-0.25, -0.2) is 0 Å². The van der Waals surface area contributed by atoms with Crippen molar-refractivity contribution in [2.45, 2.75) is 0 Å². The van der Waals surface area contributed by atoms with Gasteiger partial charge < -0.3 is 19.6 Å². The Balaban J connectivity index is -0.0000000112. The first-order valence-electron chi connectivity index (χ1n) is 1.10. The van der Waals surface area contributed by atoms with E-state index in [9.17, 15) is 0 Å². The summed E-state index contributed by atoms with van der Waals surface area (Å²) in [5, 5.41) is 0. The summed E-state index contributed by atoms with van der Waals surface area (Å²) in [5.74, 6) is 0. The van der Waals surface area contributed by atoms with Crippen molar-refractivity contribution in [2.75, 3.05) is 0 Å². The van der Waals surface area contributed by atoms with E-state index in [1.165, 1.54) is 0 Å². The van der Waals surface area contributed by atoms with Gasteiger partial charge in [0.25, 0.3) is 16.5 Å². The van der Waals surface area contributed by atoms with Crippen LogP contribution in [0.4, 0.5) is 0 Å². The maximum Gasteiger partial charge on any atom is 3.00 e. The second kappa shape index (κ2) is 30.4. The largest absolute Gasteiger partial charge is 3.00 e. The van der Waals surface area contributed by atoms with Crippen molar-refractivity contribution in [2.24, 2.45) is 0 Å². The first-order chi connectivity index (χ1) is 3.46. The standard InChI is InChI=1S/Ce.3K.2HO3P/c;;;;2*1-4(2)3/h;;;;2*(H,1,2,3)/q+3;3*+1;;/p-2. The first-order valence-corrected chi connectivity index (χ1v) is 3.29. The predicted molar refractivity (Wildman–Crippen MR) is 15.2 cm³/mol. The van der Waals surface area contributed by atoms with Crippen molar-refractivity contribution < 1.29 is 225 Å². The van der Waals surface area contributed by atoms with Gasteiger partial charge in [0.2, 0.25) is 0 Å². The molecule has 0 fully saturated rings. The van der Waals surface area contributed by atoms with E-state index in [4.69, 9.17) is 28.7 Å². The van der Waals surface area contributed by atoms with Gasteiger partial charge >= 0.3 is 196 Å². The SMILES string of the molecule is O=[P+]([O-])[O-].O=[P+]([O-])[O-].[Ce+3].[K+].[K+].[K+]. The molecule has 0 aliphatic carbocycles. The van der Waals surface area contributed by atoms with Crippen molar-refractivity contribution in [3.8, 4) is 0 Å². The molecule has 0 saturated carbocycles. The molecule has 0 aliphatic heterocycles. The van der Waals surface area contributed by atoms with Crippen LogP contribution < -0.4 is 174 Å². The summed E-state index contributed by atoms with van der Waals surface area (Å²) in [6, 6.07) is 0. The summed E-state index contributed by atoms with van der Waals surface area (Å²) in [4.78, 5) is 33.9. The van der Waals surface area contributed by atoms with Crippen molar-refractivity contribution in [3.05, 3.63) is 0 Å². The zero-order valence-corrected chi connectivity index (χ0v) is 21.1. The number of hydrogen-bond donors (Lipinski definition) is 0. The van der Waals surface area contributed by atoms with Crippen LogP contribution in [0.2, 0.25) is 0 Å². The Hall–Kier alpha value is 6.33. The van der Waals surface area contributed by atoms with Crippen LogP contribution in [0.1, 0.15) is 0 Å². The fraction of sp³-hybridized carbons (Fsp3) is 0. The van der Waals surface area contributed by atoms with Crippen LogP contribution >= 0.6 is 16.5 Å². The van der Waals surface area contributed by atoms with E-state index < -0.39 is 16.5 Å². The fourth-order valence-corrected chi connectivity index (χ4v) is 0. The third kappa shape index (κ3) is 95.8. The maximum atomic E-state index is 8.48. The molecule has 0 aromatic carbocycles. The molecule has 0 bridgehead atoms. The minimum absolute atomic E-state index is 0. The van der Waals surface area contributed by atoms with E-state index in [0.717, 1.165) is 0 Å². The van der Waals surface area contributed by atoms with E-state index in [-0.39, 0.29) is 196 Å². The van der Waals surface area contributed by atoms with Gasteiger partial charge in [0.05, 0.1) is 0 Å². The Morgan fingerprint density at radius 2 is 0.667 bits per heavy atom. The monoisotopic (exact) mass is 415 g/mol. The Morgan fingerprint density at radius 3 is 0.667 bits per heavy atom. The molecule has 0 unspecified atom stereocenters. The van der Waals surface area contributed by atoms with Crippen LogP contribution in [-0.4, -0.2) is 0 Å². The summed E-state index contributed by atoms with van der Waals surface area (Å²) in [6.07, 6.45) is 0. The van der Waals surface area contributed by atoms with Gasteiger partial charge in [-0.3, -0.25) is 0 Å². The average molecular weight is 415 g/mol. The van der Waals surface area contributed by atoms with Gasteiger partial charge in [-0.1, -0.05) is 9.13 Å². The molecule has 0 spiro atoms. The summed E-state index contributed by atoms with van der Waals surface area (Å²) >= 11 is 0. The quantitative estimate of drug-likeness (QED) is 0.286. The van der Waals surface area contributed by atoms with Gasteiger partial charge in [-0.15, -0.1) is 0 Å². The van der Waals surface area contributed by atoms with Crippen LogP contribution in [-0.2, 0) is 9.13 Å². The summed E-state index contributed by atoms with van der Waals surface area (Å²) in [7, 11) is -6.74. The Morgan fingerprint density at radius 1 is 0.667 bits per heavy atom. The molecule has 6 nitrogen and oxygen atoms in total. The fourth-order valence-electron chi connectivity index (χ4n) is 0. The molecule has 0 N–H and O–H groups in total. The van der Waals surface area contributed by atoms with Crippen LogP contribution in [0.25, 0.3) is 0 Å². The van der Waals surface area contributed by atoms with Gasteiger partial charge in [0, 0.05) is 0 Å². The number of rotatable bonds is 0. The smallest absolute Gasteiger partial charge is 0.598 e. The zero-order valence-electron chi connectivity index (χ0n) is 6.84. The van der Waals surface area contributed by atoms with Crippen molar-refractivity contribution in [1.82, 2.24) is 0 Å². The van der Waals surface area contributed by atoms with E-state index in [2.05, 4.69) is 0 Å². The molecule has 0 atom stereocenters. The molecule has 0 aromatic heterocycles. The van der Waals surface area contributed by atoms with Gasteiger partial charge in [-0.05, 0) is 0 Å². The molecule has 0 amide bonds. The zero-order chi connectivity index (χ0) is 7.15. The van der Waals surface area contributed by atoms with Crippen LogP contribution in [0.3, 0.4) is 0 Å².